The smallest absolute Gasteiger partial charge is 0.269 e. The van der Waals surface area contributed by atoms with E-state index < -0.39 is 23.8 Å². The van der Waals surface area contributed by atoms with Crippen LogP contribution in [0.3, 0.4) is 0 Å². The molecule has 0 bridgehead atoms. The van der Waals surface area contributed by atoms with Crippen molar-refractivity contribution in [2.24, 2.45) is 4.99 Å². The molecule has 2 aliphatic heterocycles. The molecule has 2 aromatic heterocycles. The predicted octanol–water partition coefficient (Wildman–Crippen LogP) is 4.93. The highest BCUT2D eigenvalue weighted by Gasteiger charge is 2.34. The molecule has 0 fully saturated rings. The Balaban J connectivity index is 1.42. The van der Waals surface area contributed by atoms with Crippen molar-refractivity contribution in [1.29, 1.82) is 0 Å². The zero-order valence-corrected chi connectivity index (χ0v) is 24.3. The van der Waals surface area contributed by atoms with Crippen LogP contribution in [-0.4, -0.2) is 50.6 Å². The molecule has 4 heterocycles. The van der Waals surface area contributed by atoms with Crippen molar-refractivity contribution in [2.75, 3.05) is 10.6 Å². The Hall–Kier alpha value is -5.06. The van der Waals surface area contributed by atoms with Crippen LogP contribution in [0.1, 0.15) is 54.4 Å². The zero-order chi connectivity index (χ0) is 30.2. The lowest BCUT2D eigenvalue weighted by Gasteiger charge is -2.22. The minimum Gasteiger partial charge on any atom is -0.474 e. The van der Waals surface area contributed by atoms with Crippen molar-refractivity contribution in [3.63, 3.8) is 0 Å². The number of ether oxygens (including phenoxy) is 1. The molecule has 2 aliphatic rings. The van der Waals surface area contributed by atoms with Crippen LogP contribution in [0.25, 0.3) is 11.3 Å². The number of aliphatic imine (C=N–C) groups is 1. The predicted molar refractivity (Wildman–Crippen MR) is 162 cm³/mol. The zero-order valence-electron chi connectivity index (χ0n) is 24.3. The fourth-order valence-electron chi connectivity index (χ4n) is 5.27. The van der Waals surface area contributed by atoms with Crippen LogP contribution >= 0.6 is 0 Å². The highest BCUT2D eigenvalue weighted by molar-refractivity contribution is 6.20. The highest BCUT2D eigenvalue weighted by atomic mass is 19.1. The Labute approximate surface area is 248 Å². The van der Waals surface area contributed by atoms with Crippen LogP contribution in [-0.2, 0) is 11.3 Å². The van der Waals surface area contributed by atoms with Gasteiger partial charge in [-0.25, -0.2) is 19.0 Å². The fourth-order valence-corrected chi connectivity index (χ4v) is 5.27. The second kappa shape index (κ2) is 11.3. The number of aromatic nitrogens is 3. The molecule has 4 aromatic rings. The first-order chi connectivity index (χ1) is 20.7. The molecular weight excluding hydrogens is 549 g/mol. The average molecular weight is 582 g/mol. The Kier molecular flexibility index (Phi) is 7.39. The minimum atomic E-state index is -1.37. The molecule has 0 spiro atoms. The maximum absolute atomic E-state index is 14.9. The van der Waals surface area contributed by atoms with Gasteiger partial charge in [0.2, 0.25) is 12.0 Å². The van der Waals surface area contributed by atoms with Crippen LogP contribution in [0.15, 0.2) is 65.7 Å². The van der Waals surface area contributed by atoms with E-state index in [-0.39, 0.29) is 23.4 Å². The Morgan fingerprint density at radius 1 is 1.09 bits per heavy atom. The number of hydrogen-bond donors (Lipinski definition) is 3. The van der Waals surface area contributed by atoms with Crippen molar-refractivity contribution in [1.82, 2.24) is 20.1 Å². The average Bonchev–Trinajstić information content (AvgIpc) is 3.27. The van der Waals surface area contributed by atoms with E-state index in [1.807, 2.05) is 70.2 Å². The summed E-state index contributed by atoms with van der Waals surface area (Å²) in [6.07, 6.45) is -0.777. The molecule has 0 unspecified atom stereocenters. The van der Waals surface area contributed by atoms with Crippen molar-refractivity contribution in [2.45, 2.75) is 59.0 Å². The lowest BCUT2D eigenvalue weighted by Crippen LogP contribution is -2.42. The van der Waals surface area contributed by atoms with E-state index in [4.69, 9.17) is 9.84 Å². The van der Waals surface area contributed by atoms with Crippen LogP contribution in [0, 0.1) is 12.7 Å². The molecule has 6 rings (SSSR count). The fraction of sp³-hybridized carbons (Fsp3) is 0.281. The van der Waals surface area contributed by atoms with Crippen molar-refractivity contribution < 1.29 is 18.7 Å². The van der Waals surface area contributed by atoms with Gasteiger partial charge in [0.25, 0.3) is 11.8 Å². The summed E-state index contributed by atoms with van der Waals surface area (Å²) in [5.74, 6) is -0.858. The largest absolute Gasteiger partial charge is 0.474 e. The van der Waals surface area contributed by atoms with Gasteiger partial charge in [-0.15, -0.1) is 0 Å². The third kappa shape index (κ3) is 5.45. The van der Waals surface area contributed by atoms with Crippen LogP contribution in [0.5, 0.6) is 5.88 Å². The van der Waals surface area contributed by atoms with E-state index >= 15 is 0 Å². The first kappa shape index (κ1) is 28.1. The Morgan fingerprint density at radius 3 is 2.63 bits per heavy atom. The van der Waals surface area contributed by atoms with Crippen LogP contribution < -0.4 is 20.7 Å². The maximum Gasteiger partial charge on any atom is 0.269 e. The molecule has 43 heavy (non-hydrogen) atoms. The second-order valence-electron chi connectivity index (χ2n) is 11.0. The number of hydrogen-bond acceptors (Lipinski definition) is 7. The number of benzene rings is 2. The summed E-state index contributed by atoms with van der Waals surface area (Å²) < 4.78 is 22.7. The molecule has 0 saturated heterocycles. The molecule has 0 aliphatic carbocycles. The number of rotatable bonds is 6. The Morgan fingerprint density at radius 2 is 1.88 bits per heavy atom. The number of anilines is 2. The van der Waals surface area contributed by atoms with Gasteiger partial charge >= 0.3 is 0 Å². The third-order valence-electron chi connectivity index (χ3n) is 7.31. The van der Waals surface area contributed by atoms with Crippen molar-refractivity contribution >= 4 is 29.0 Å². The number of carbonyl (C=O) groups is 2. The van der Waals surface area contributed by atoms with Crippen LogP contribution in [0.4, 0.5) is 15.9 Å². The summed E-state index contributed by atoms with van der Waals surface area (Å²) in [7, 11) is 0. The molecular formula is C32H32FN7O3. The van der Waals surface area contributed by atoms with Gasteiger partial charge in [-0.05, 0) is 45.9 Å². The summed E-state index contributed by atoms with van der Waals surface area (Å²) in [6, 6.07) is 17.5. The highest BCUT2D eigenvalue weighted by Crippen LogP contribution is 2.36. The van der Waals surface area contributed by atoms with Gasteiger partial charge in [-0.1, -0.05) is 42.5 Å². The van der Waals surface area contributed by atoms with Crippen molar-refractivity contribution in [3.05, 3.63) is 88.9 Å². The molecule has 2 amide bonds. The monoisotopic (exact) mass is 581 g/mol. The molecule has 11 heteroatoms. The first-order valence-corrected chi connectivity index (χ1v) is 14.3. The third-order valence-corrected chi connectivity index (χ3v) is 7.31. The maximum atomic E-state index is 14.9. The molecule has 0 radical (unpaired) electrons. The lowest BCUT2D eigenvalue weighted by atomic mass is 10.0. The molecule has 2 atom stereocenters. The quantitative estimate of drug-likeness (QED) is 0.297. The summed E-state index contributed by atoms with van der Waals surface area (Å²) in [5, 5.41) is 13.4. The number of aryl methyl sites for hydroxylation is 2. The van der Waals surface area contributed by atoms with E-state index in [1.165, 1.54) is 6.07 Å². The number of amides is 2. The van der Waals surface area contributed by atoms with E-state index in [9.17, 15) is 14.0 Å². The number of para-hydroxylation sites is 1. The number of halogens is 1. The Bertz CT molecular complexity index is 1750. The van der Waals surface area contributed by atoms with Gasteiger partial charge in [0.15, 0.2) is 0 Å². The summed E-state index contributed by atoms with van der Waals surface area (Å²) in [4.78, 5) is 36.9. The molecule has 10 nitrogen and oxygen atoms in total. The van der Waals surface area contributed by atoms with E-state index in [1.54, 1.807) is 16.8 Å². The van der Waals surface area contributed by atoms with Gasteiger partial charge in [0, 0.05) is 41.4 Å². The van der Waals surface area contributed by atoms with Gasteiger partial charge in [-0.3, -0.25) is 9.59 Å². The summed E-state index contributed by atoms with van der Waals surface area (Å²) in [5.41, 5.74) is 3.35. The lowest BCUT2D eigenvalue weighted by molar-refractivity contribution is -0.117. The number of nitrogens with zero attached hydrogens (tertiary/aromatic N) is 4. The molecule has 220 valence electrons. The van der Waals surface area contributed by atoms with Crippen molar-refractivity contribution in [3.8, 4) is 17.1 Å². The van der Waals surface area contributed by atoms with Gasteiger partial charge in [0.05, 0.1) is 17.5 Å². The SMILES string of the molecule is Cc1nc(NC(C)C)ccc1-c1nn2c(c1C(=O)N[C@H]1N=C(c3ccccc3)c3cccc(F)c3NC1=O)O[C@H](C)CC2. The number of carbonyl (C=O) groups excluding carboxylic acids is 2. The normalized spacial score (nSPS) is 17.6. The number of nitrogens with one attached hydrogen (secondary N) is 3. The first-order valence-electron chi connectivity index (χ1n) is 14.3. The van der Waals surface area contributed by atoms with Gasteiger partial charge < -0.3 is 20.7 Å². The molecule has 3 N–H and O–H groups in total. The molecule has 0 saturated carbocycles. The standard InChI is InChI=1S/C32H32FN7O3/c1-17(2)34-24-14-13-21(19(4)35-24)28-25(32-40(39-28)16-15-18(3)43-32)30(41)38-29-31(42)37-27-22(11-8-12-23(27)33)26(36-29)20-9-6-5-7-10-20/h5-14,17-18,29H,15-16H2,1-4H3,(H,34,35)(H,37,42)(H,38,41)/t18-,29-/m1/s1. The number of fused-ring (bicyclic) bond motifs is 2. The minimum absolute atomic E-state index is 0.00408. The summed E-state index contributed by atoms with van der Waals surface area (Å²) >= 11 is 0. The molecule has 2 aromatic carbocycles. The van der Waals surface area contributed by atoms with Gasteiger partial charge in [-0.2, -0.15) is 5.10 Å². The summed E-state index contributed by atoms with van der Waals surface area (Å²) in [6.45, 7) is 8.39. The topological polar surface area (TPSA) is 123 Å². The number of pyridine rings is 1. The number of benzodiazepines with no additional fused rings is 1. The van der Waals surface area contributed by atoms with E-state index in [0.29, 0.717) is 52.0 Å². The van der Waals surface area contributed by atoms with E-state index in [0.717, 1.165) is 6.42 Å². The van der Waals surface area contributed by atoms with Gasteiger partial charge in [0.1, 0.15) is 22.9 Å². The second-order valence-corrected chi connectivity index (χ2v) is 11.0. The van der Waals surface area contributed by atoms with Crippen LogP contribution in [0.2, 0.25) is 0 Å². The van der Waals surface area contributed by atoms with E-state index in [2.05, 4.69) is 25.9 Å².